The van der Waals surface area contributed by atoms with Crippen molar-refractivity contribution in [3.63, 3.8) is 0 Å². The first-order valence-electron chi connectivity index (χ1n) is 7.83. The van der Waals surface area contributed by atoms with Crippen LogP contribution in [-0.2, 0) is 12.0 Å². The average Bonchev–Trinajstić information content (AvgIpc) is 2.99. The molecular weight excluding hydrogens is 234 g/mol. The summed E-state index contributed by atoms with van der Waals surface area (Å²) in [5.74, 6) is 0. The lowest BCUT2D eigenvalue weighted by molar-refractivity contribution is 0.179. The summed E-state index contributed by atoms with van der Waals surface area (Å²) in [5.41, 5.74) is 2.20. The molecule has 3 rings (SSSR count). The molecule has 2 aliphatic rings. The van der Waals surface area contributed by atoms with Crippen LogP contribution in [0.3, 0.4) is 0 Å². The summed E-state index contributed by atoms with van der Waals surface area (Å²) in [7, 11) is 0. The van der Waals surface area contributed by atoms with Gasteiger partial charge in [-0.15, -0.1) is 0 Å². The van der Waals surface area contributed by atoms with Crippen LogP contribution in [0.15, 0.2) is 12.5 Å². The Bertz CT molecular complexity index is 423. The number of hydrogen-bond acceptors (Lipinski definition) is 2. The van der Waals surface area contributed by atoms with Crippen LogP contribution in [0.1, 0.15) is 58.1 Å². The standard InChI is InChI=1S/C16H27N3/c1-15(6-4-3-5-7-15)12-19-13-18-10-14(19)16(2)8-9-17-11-16/h10,13,17H,3-9,11-12H2,1-2H3. The van der Waals surface area contributed by atoms with Crippen molar-refractivity contribution in [2.24, 2.45) is 5.41 Å². The van der Waals surface area contributed by atoms with Crippen molar-refractivity contribution in [2.45, 2.75) is 64.3 Å². The Kier molecular flexibility index (Phi) is 3.42. The summed E-state index contributed by atoms with van der Waals surface area (Å²) in [6.07, 6.45) is 12.4. The molecule has 1 unspecified atom stereocenters. The molecule has 19 heavy (non-hydrogen) atoms. The lowest BCUT2D eigenvalue weighted by Gasteiger charge is -2.35. The highest BCUT2D eigenvalue weighted by Crippen LogP contribution is 2.39. The van der Waals surface area contributed by atoms with Gasteiger partial charge in [0.05, 0.1) is 6.33 Å². The maximum absolute atomic E-state index is 4.44. The van der Waals surface area contributed by atoms with E-state index in [-0.39, 0.29) is 5.41 Å². The van der Waals surface area contributed by atoms with E-state index in [1.54, 1.807) is 0 Å². The van der Waals surface area contributed by atoms with E-state index in [1.165, 1.54) is 44.2 Å². The van der Waals surface area contributed by atoms with Crippen LogP contribution in [-0.4, -0.2) is 22.6 Å². The summed E-state index contributed by atoms with van der Waals surface area (Å²) >= 11 is 0. The van der Waals surface area contributed by atoms with Crippen LogP contribution >= 0.6 is 0 Å². The van der Waals surface area contributed by atoms with Crippen LogP contribution < -0.4 is 5.32 Å². The lowest BCUT2D eigenvalue weighted by Crippen LogP contribution is -2.32. The number of imidazole rings is 1. The van der Waals surface area contributed by atoms with Gasteiger partial charge in [0.25, 0.3) is 0 Å². The lowest BCUT2D eigenvalue weighted by atomic mass is 9.75. The molecule has 1 aromatic heterocycles. The van der Waals surface area contributed by atoms with Crippen molar-refractivity contribution in [1.29, 1.82) is 0 Å². The van der Waals surface area contributed by atoms with Crippen LogP contribution in [0.5, 0.6) is 0 Å². The fraction of sp³-hybridized carbons (Fsp3) is 0.812. The molecule has 2 fully saturated rings. The average molecular weight is 261 g/mol. The van der Waals surface area contributed by atoms with Gasteiger partial charge in [-0.1, -0.05) is 33.1 Å². The fourth-order valence-corrected chi connectivity index (χ4v) is 3.96. The zero-order chi connectivity index (χ0) is 13.3. The van der Waals surface area contributed by atoms with Crippen molar-refractivity contribution in [3.8, 4) is 0 Å². The highest BCUT2D eigenvalue weighted by Gasteiger charge is 2.35. The molecule has 1 atom stereocenters. The van der Waals surface area contributed by atoms with Gasteiger partial charge in [0.2, 0.25) is 0 Å². The molecule has 1 aliphatic carbocycles. The number of hydrogen-bond donors (Lipinski definition) is 1. The second kappa shape index (κ2) is 4.93. The molecule has 0 bridgehead atoms. The van der Waals surface area contributed by atoms with E-state index < -0.39 is 0 Å². The first-order valence-corrected chi connectivity index (χ1v) is 7.83. The quantitative estimate of drug-likeness (QED) is 0.906. The van der Waals surface area contributed by atoms with Gasteiger partial charge in [-0.25, -0.2) is 4.98 Å². The third-order valence-electron chi connectivity index (χ3n) is 5.31. The number of aromatic nitrogens is 2. The topological polar surface area (TPSA) is 29.9 Å². The molecule has 0 aromatic carbocycles. The minimum Gasteiger partial charge on any atom is -0.333 e. The highest BCUT2D eigenvalue weighted by molar-refractivity contribution is 5.17. The second-order valence-electron chi connectivity index (χ2n) is 7.27. The molecule has 1 N–H and O–H groups in total. The summed E-state index contributed by atoms with van der Waals surface area (Å²) in [4.78, 5) is 4.44. The number of nitrogens with zero attached hydrogens (tertiary/aromatic N) is 2. The van der Waals surface area contributed by atoms with Crippen LogP contribution in [0.4, 0.5) is 0 Å². The van der Waals surface area contributed by atoms with Gasteiger partial charge in [0, 0.05) is 30.4 Å². The van der Waals surface area contributed by atoms with Gasteiger partial charge in [-0.3, -0.25) is 0 Å². The van der Waals surface area contributed by atoms with Gasteiger partial charge in [-0.05, 0) is 31.2 Å². The summed E-state index contributed by atoms with van der Waals surface area (Å²) in [6.45, 7) is 8.22. The third-order valence-corrected chi connectivity index (χ3v) is 5.31. The molecule has 1 saturated heterocycles. The predicted molar refractivity (Wildman–Crippen MR) is 78.3 cm³/mol. The van der Waals surface area contributed by atoms with E-state index >= 15 is 0 Å². The predicted octanol–water partition coefficient (Wildman–Crippen LogP) is 3.10. The van der Waals surface area contributed by atoms with E-state index in [0.717, 1.165) is 19.6 Å². The minimum absolute atomic E-state index is 0.279. The zero-order valence-corrected chi connectivity index (χ0v) is 12.4. The van der Waals surface area contributed by atoms with Crippen LogP contribution in [0.2, 0.25) is 0 Å². The first kappa shape index (κ1) is 13.2. The van der Waals surface area contributed by atoms with E-state index in [9.17, 15) is 0 Å². The molecule has 0 amide bonds. The largest absolute Gasteiger partial charge is 0.333 e. The molecule has 2 heterocycles. The molecule has 0 radical (unpaired) electrons. The molecule has 3 heteroatoms. The minimum atomic E-state index is 0.279. The fourth-order valence-electron chi connectivity index (χ4n) is 3.96. The maximum atomic E-state index is 4.44. The third kappa shape index (κ3) is 2.58. The van der Waals surface area contributed by atoms with E-state index in [1.807, 2.05) is 0 Å². The molecule has 0 spiro atoms. The van der Waals surface area contributed by atoms with Crippen molar-refractivity contribution in [1.82, 2.24) is 14.9 Å². The molecule has 106 valence electrons. The normalized spacial score (nSPS) is 30.6. The smallest absolute Gasteiger partial charge is 0.0948 e. The van der Waals surface area contributed by atoms with Crippen molar-refractivity contribution in [2.75, 3.05) is 13.1 Å². The molecular formula is C16H27N3. The Balaban J connectivity index is 1.80. The summed E-state index contributed by atoms with van der Waals surface area (Å²) in [5, 5.41) is 3.50. The van der Waals surface area contributed by atoms with Gasteiger partial charge >= 0.3 is 0 Å². The summed E-state index contributed by atoms with van der Waals surface area (Å²) < 4.78 is 2.44. The molecule has 1 saturated carbocycles. The molecule has 1 aromatic rings. The van der Waals surface area contributed by atoms with E-state index in [4.69, 9.17) is 0 Å². The Morgan fingerprint density at radius 2 is 2.00 bits per heavy atom. The Morgan fingerprint density at radius 3 is 2.68 bits per heavy atom. The second-order valence-corrected chi connectivity index (χ2v) is 7.27. The van der Waals surface area contributed by atoms with Crippen LogP contribution in [0.25, 0.3) is 0 Å². The first-order chi connectivity index (χ1) is 9.11. The molecule has 1 aliphatic heterocycles. The summed E-state index contributed by atoms with van der Waals surface area (Å²) in [6, 6.07) is 0. The van der Waals surface area contributed by atoms with Crippen molar-refractivity contribution in [3.05, 3.63) is 18.2 Å². The Labute approximate surface area is 116 Å². The monoisotopic (exact) mass is 261 g/mol. The highest BCUT2D eigenvalue weighted by atomic mass is 15.1. The van der Waals surface area contributed by atoms with Gasteiger partial charge in [0.1, 0.15) is 0 Å². The van der Waals surface area contributed by atoms with E-state index in [0.29, 0.717) is 5.41 Å². The van der Waals surface area contributed by atoms with Crippen molar-refractivity contribution < 1.29 is 0 Å². The zero-order valence-electron chi connectivity index (χ0n) is 12.4. The van der Waals surface area contributed by atoms with Crippen molar-refractivity contribution >= 4 is 0 Å². The van der Waals surface area contributed by atoms with E-state index in [2.05, 4.69) is 41.2 Å². The number of rotatable bonds is 3. The number of nitrogens with one attached hydrogen (secondary N) is 1. The van der Waals surface area contributed by atoms with Gasteiger partial charge < -0.3 is 9.88 Å². The van der Waals surface area contributed by atoms with Gasteiger partial charge in [0.15, 0.2) is 0 Å². The van der Waals surface area contributed by atoms with Crippen LogP contribution in [0, 0.1) is 5.41 Å². The Morgan fingerprint density at radius 1 is 1.21 bits per heavy atom. The SMILES string of the molecule is CC1(Cn2cncc2C2(C)CCNC2)CCCCC1. The Hall–Kier alpha value is -0.830. The van der Waals surface area contributed by atoms with Gasteiger partial charge in [-0.2, -0.15) is 0 Å². The molecule has 3 nitrogen and oxygen atoms in total. The maximum Gasteiger partial charge on any atom is 0.0948 e.